The van der Waals surface area contributed by atoms with Crippen molar-refractivity contribution in [1.82, 2.24) is 0 Å². The summed E-state index contributed by atoms with van der Waals surface area (Å²) in [5, 5.41) is 8.37. The average Bonchev–Trinajstić information content (AvgIpc) is 2.14. The molecule has 0 aromatic heterocycles. The van der Waals surface area contributed by atoms with Crippen LogP contribution in [-0.4, -0.2) is 29.4 Å². The number of carboxylic acid groups (broad SMARTS) is 1. The molecule has 0 unspecified atom stereocenters. The molecule has 0 amide bonds. The third kappa shape index (κ3) is 6.56. The smallest absolute Gasteiger partial charge is 0.303 e. The molecule has 0 saturated carbocycles. The number of unbranched alkanes of at least 4 members (excludes halogenated alkanes) is 1. The molecule has 0 radical (unpaired) electrons. The van der Waals surface area contributed by atoms with E-state index in [0.29, 0.717) is 13.0 Å². The van der Waals surface area contributed by atoms with E-state index in [1.165, 1.54) is 0 Å². The van der Waals surface area contributed by atoms with Crippen LogP contribution in [0, 0.1) is 0 Å². The van der Waals surface area contributed by atoms with Gasteiger partial charge in [-0.25, -0.2) is 0 Å². The van der Waals surface area contributed by atoms with Gasteiger partial charge < -0.3 is 16.6 Å². The molecule has 0 rings (SSSR count). The number of Topliss-reactive ketones (excluding diaryl/α,β-unsaturated/α-hetero) is 1. The maximum atomic E-state index is 11.3. The fourth-order valence-corrected chi connectivity index (χ4v) is 1.07. The summed E-state index contributed by atoms with van der Waals surface area (Å²) in [5.74, 6) is -0.991. The van der Waals surface area contributed by atoms with E-state index in [-0.39, 0.29) is 18.6 Å². The Labute approximate surface area is 83.5 Å². The molecular formula is C9H18N2O3. The van der Waals surface area contributed by atoms with Crippen molar-refractivity contribution in [2.75, 3.05) is 6.54 Å². The highest BCUT2D eigenvalue weighted by Gasteiger charge is 2.13. The average molecular weight is 202 g/mol. The number of rotatable bonds is 8. The summed E-state index contributed by atoms with van der Waals surface area (Å²) in [5.41, 5.74) is 10.8. The molecule has 1 atom stereocenters. The molecule has 5 N–H and O–H groups in total. The van der Waals surface area contributed by atoms with E-state index in [4.69, 9.17) is 16.6 Å². The monoisotopic (exact) mass is 202 g/mol. The van der Waals surface area contributed by atoms with Gasteiger partial charge in [0.05, 0.1) is 6.04 Å². The zero-order chi connectivity index (χ0) is 11.0. The van der Waals surface area contributed by atoms with E-state index in [0.717, 1.165) is 12.8 Å². The predicted octanol–water partition coefficient (Wildman–Crippen LogP) is -0.123. The van der Waals surface area contributed by atoms with Crippen molar-refractivity contribution in [3.63, 3.8) is 0 Å². The quantitative estimate of drug-likeness (QED) is 0.475. The molecule has 0 aliphatic carbocycles. The number of aliphatic carboxylic acids is 1. The van der Waals surface area contributed by atoms with Crippen molar-refractivity contribution >= 4 is 11.8 Å². The molecule has 0 aromatic carbocycles. The standard InChI is InChI=1S/C9H18N2O3/c10-6-2-1-3-8(12)7(11)4-5-9(13)14/h7H,1-6,10-11H2,(H,13,14)/t7-/m0/s1. The first-order chi connectivity index (χ1) is 6.57. The van der Waals surface area contributed by atoms with Crippen molar-refractivity contribution in [3.05, 3.63) is 0 Å². The molecule has 0 heterocycles. The number of hydrogen-bond acceptors (Lipinski definition) is 4. The lowest BCUT2D eigenvalue weighted by Gasteiger charge is -2.08. The lowest BCUT2D eigenvalue weighted by Crippen LogP contribution is -2.31. The van der Waals surface area contributed by atoms with E-state index >= 15 is 0 Å². The molecule has 0 bridgehead atoms. The first-order valence-corrected chi connectivity index (χ1v) is 4.78. The Morgan fingerprint density at radius 3 is 2.36 bits per heavy atom. The van der Waals surface area contributed by atoms with Gasteiger partial charge in [0, 0.05) is 12.8 Å². The van der Waals surface area contributed by atoms with Crippen LogP contribution >= 0.6 is 0 Å². The number of hydrogen-bond donors (Lipinski definition) is 3. The second kappa shape index (κ2) is 7.46. The second-order valence-electron chi connectivity index (χ2n) is 3.25. The number of carboxylic acids is 1. The summed E-state index contributed by atoms with van der Waals surface area (Å²) in [6, 6.07) is -0.635. The Morgan fingerprint density at radius 1 is 1.21 bits per heavy atom. The third-order valence-electron chi connectivity index (χ3n) is 1.96. The Bertz CT molecular complexity index is 194. The van der Waals surface area contributed by atoms with E-state index in [9.17, 15) is 9.59 Å². The summed E-state index contributed by atoms with van der Waals surface area (Å²) in [4.78, 5) is 21.5. The van der Waals surface area contributed by atoms with Gasteiger partial charge in [0.25, 0.3) is 0 Å². The minimum atomic E-state index is -0.921. The lowest BCUT2D eigenvalue weighted by molar-refractivity contribution is -0.137. The summed E-state index contributed by atoms with van der Waals surface area (Å²) < 4.78 is 0. The van der Waals surface area contributed by atoms with Crippen molar-refractivity contribution in [3.8, 4) is 0 Å². The molecule has 0 aliphatic rings. The Morgan fingerprint density at radius 2 is 1.86 bits per heavy atom. The number of carbonyl (C=O) groups is 2. The van der Waals surface area contributed by atoms with Crippen molar-refractivity contribution in [2.45, 2.75) is 38.1 Å². The molecule has 0 aliphatic heterocycles. The molecule has 14 heavy (non-hydrogen) atoms. The topological polar surface area (TPSA) is 106 Å². The molecule has 0 aromatic rings. The SMILES string of the molecule is NCCCCC(=O)[C@@H](N)CCC(=O)O. The first-order valence-electron chi connectivity index (χ1n) is 4.78. The van der Waals surface area contributed by atoms with Crippen LogP contribution in [0.1, 0.15) is 32.1 Å². The third-order valence-corrected chi connectivity index (χ3v) is 1.96. The van der Waals surface area contributed by atoms with Gasteiger partial charge >= 0.3 is 5.97 Å². The molecule has 5 nitrogen and oxygen atoms in total. The number of carbonyl (C=O) groups excluding carboxylic acids is 1. The van der Waals surface area contributed by atoms with Gasteiger partial charge in [-0.15, -0.1) is 0 Å². The first kappa shape index (κ1) is 13.1. The molecule has 0 saturated heterocycles. The van der Waals surface area contributed by atoms with E-state index < -0.39 is 12.0 Å². The normalized spacial score (nSPS) is 12.4. The van der Waals surface area contributed by atoms with Gasteiger partial charge in [-0.05, 0) is 25.8 Å². The van der Waals surface area contributed by atoms with Gasteiger partial charge in [0.1, 0.15) is 5.78 Å². The highest BCUT2D eigenvalue weighted by atomic mass is 16.4. The molecule has 5 heteroatoms. The van der Waals surface area contributed by atoms with Crippen molar-refractivity contribution < 1.29 is 14.7 Å². The van der Waals surface area contributed by atoms with Crippen LogP contribution in [0.25, 0.3) is 0 Å². The maximum absolute atomic E-state index is 11.3. The molecule has 0 fully saturated rings. The number of ketones is 1. The highest BCUT2D eigenvalue weighted by Crippen LogP contribution is 2.02. The predicted molar refractivity (Wildman–Crippen MR) is 52.8 cm³/mol. The van der Waals surface area contributed by atoms with Crippen LogP contribution in [0.2, 0.25) is 0 Å². The van der Waals surface area contributed by atoms with Crippen LogP contribution in [0.3, 0.4) is 0 Å². The van der Waals surface area contributed by atoms with Crippen LogP contribution in [0.15, 0.2) is 0 Å². The van der Waals surface area contributed by atoms with Crippen LogP contribution in [0.5, 0.6) is 0 Å². The summed E-state index contributed by atoms with van der Waals surface area (Å²) in [7, 11) is 0. The van der Waals surface area contributed by atoms with Gasteiger partial charge in [0.2, 0.25) is 0 Å². The summed E-state index contributed by atoms with van der Waals surface area (Å²) >= 11 is 0. The maximum Gasteiger partial charge on any atom is 0.303 e. The lowest BCUT2D eigenvalue weighted by atomic mass is 10.0. The Hall–Kier alpha value is -0.940. The molecular weight excluding hydrogens is 184 g/mol. The van der Waals surface area contributed by atoms with E-state index in [1.54, 1.807) is 0 Å². The Kier molecular flexibility index (Phi) is 6.96. The van der Waals surface area contributed by atoms with E-state index in [2.05, 4.69) is 0 Å². The largest absolute Gasteiger partial charge is 0.481 e. The summed E-state index contributed by atoms with van der Waals surface area (Å²) in [6.45, 7) is 0.567. The Balaban J connectivity index is 3.59. The second-order valence-corrected chi connectivity index (χ2v) is 3.25. The minimum Gasteiger partial charge on any atom is -0.481 e. The van der Waals surface area contributed by atoms with E-state index in [1.807, 2.05) is 0 Å². The fourth-order valence-electron chi connectivity index (χ4n) is 1.07. The zero-order valence-electron chi connectivity index (χ0n) is 8.24. The fraction of sp³-hybridized carbons (Fsp3) is 0.778. The summed E-state index contributed by atoms with van der Waals surface area (Å²) in [6.07, 6.45) is 2.10. The highest BCUT2D eigenvalue weighted by molar-refractivity contribution is 5.84. The number of nitrogens with two attached hydrogens (primary N) is 2. The van der Waals surface area contributed by atoms with Crippen LogP contribution in [0.4, 0.5) is 0 Å². The van der Waals surface area contributed by atoms with Crippen LogP contribution < -0.4 is 11.5 Å². The van der Waals surface area contributed by atoms with Gasteiger partial charge in [-0.2, -0.15) is 0 Å². The zero-order valence-corrected chi connectivity index (χ0v) is 8.24. The van der Waals surface area contributed by atoms with Gasteiger partial charge in [0.15, 0.2) is 0 Å². The molecule has 82 valence electrons. The van der Waals surface area contributed by atoms with Crippen molar-refractivity contribution in [1.29, 1.82) is 0 Å². The van der Waals surface area contributed by atoms with Gasteiger partial charge in [-0.1, -0.05) is 0 Å². The van der Waals surface area contributed by atoms with Gasteiger partial charge in [-0.3, -0.25) is 9.59 Å². The van der Waals surface area contributed by atoms with Crippen LogP contribution in [-0.2, 0) is 9.59 Å². The van der Waals surface area contributed by atoms with Crippen molar-refractivity contribution in [2.24, 2.45) is 11.5 Å². The minimum absolute atomic E-state index is 0.0518. The molecule has 0 spiro atoms.